The Balaban J connectivity index is 1.45. The molecule has 25 heavy (non-hydrogen) atoms. The Morgan fingerprint density at radius 2 is 2.12 bits per heavy atom. The number of piperidine rings is 1. The van der Waals surface area contributed by atoms with Gasteiger partial charge in [0.25, 0.3) is 5.91 Å². The monoisotopic (exact) mass is 342 g/mol. The topological polar surface area (TPSA) is 87.2 Å². The lowest BCUT2D eigenvalue weighted by Crippen LogP contribution is -2.40. The van der Waals surface area contributed by atoms with E-state index in [0.717, 1.165) is 37.4 Å². The predicted octanol–water partition coefficient (Wildman–Crippen LogP) is 1.06. The highest BCUT2D eigenvalue weighted by Crippen LogP contribution is 2.28. The molecule has 2 aromatic heterocycles. The first kappa shape index (κ1) is 16.0. The van der Waals surface area contributed by atoms with Crippen LogP contribution in [0.3, 0.4) is 0 Å². The van der Waals surface area contributed by atoms with Gasteiger partial charge in [-0.25, -0.2) is 4.98 Å². The number of ether oxygens (including phenoxy) is 1. The van der Waals surface area contributed by atoms with Crippen molar-refractivity contribution in [1.29, 1.82) is 0 Å². The van der Waals surface area contributed by atoms with Crippen LogP contribution in [0.15, 0.2) is 24.7 Å². The normalized spacial score (nSPS) is 21.4. The number of H-pyrrole nitrogens is 1. The van der Waals surface area contributed by atoms with Crippen molar-refractivity contribution in [1.82, 2.24) is 25.1 Å². The fraction of sp³-hybridized carbons (Fsp3) is 0.529. The van der Waals surface area contributed by atoms with Crippen LogP contribution in [0.4, 0.5) is 5.82 Å². The van der Waals surface area contributed by atoms with Gasteiger partial charge in [0.1, 0.15) is 11.5 Å². The molecule has 2 aliphatic rings. The Bertz CT molecular complexity index is 713. The van der Waals surface area contributed by atoms with Crippen LogP contribution in [-0.2, 0) is 4.74 Å². The molecule has 8 heteroatoms. The average Bonchev–Trinajstić information content (AvgIpc) is 3.19. The zero-order valence-electron chi connectivity index (χ0n) is 14.1. The van der Waals surface area contributed by atoms with Gasteiger partial charge in [-0.15, -0.1) is 0 Å². The first-order chi connectivity index (χ1) is 12.3. The van der Waals surface area contributed by atoms with Gasteiger partial charge in [0.05, 0.1) is 19.4 Å². The van der Waals surface area contributed by atoms with E-state index in [1.807, 2.05) is 6.07 Å². The maximum absolute atomic E-state index is 12.5. The first-order valence-electron chi connectivity index (χ1n) is 8.74. The summed E-state index contributed by atoms with van der Waals surface area (Å²) in [5, 5.41) is 7.34. The molecule has 1 amide bonds. The number of aromatic amines is 1. The molecule has 4 rings (SSSR count). The van der Waals surface area contributed by atoms with E-state index in [2.05, 4.69) is 25.1 Å². The first-order valence-corrected chi connectivity index (χ1v) is 8.74. The van der Waals surface area contributed by atoms with Crippen molar-refractivity contribution in [3.8, 4) is 0 Å². The summed E-state index contributed by atoms with van der Waals surface area (Å²) in [4.78, 5) is 25.1. The molecule has 0 bridgehead atoms. The Morgan fingerprint density at radius 3 is 2.92 bits per heavy atom. The minimum Gasteiger partial charge on any atom is -0.378 e. The van der Waals surface area contributed by atoms with Gasteiger partial charge >= 0.3 is 0 Å². The van der Waals surface area contributed by atoms with Crippen molar-refractivity contribution >= 4 is 11.7 Å². The third kappa shape index (κ3) is 3.48. The molecule has 4 heterocycles. The van der Waals surface area contributed by atoms with Gasteiger partial charge in [0, 0.05) is 50.2 Å². The Morgan fingerprint density at radius 1 is 1.24 bits per heavy atom. The molecule has 0 spiro atoms. The predicted molar refractivity (Wildman–Crippen MR) is 91.5 cm³/mol. The Hall–Kier alpha value is -2.48. The smallest absolute Gasteiger partial charge is 0.274 e. The number of morpholine rings is 1. The van der Waals surface area contributed by atoms with E-state index < -0.39 is 0 Å². The lowest BCUT2D eigenvalue weighted by Gasteiger charge is -2.32. The third-order valence-electron chi connectivity index (χ3n) is 4.85. The highest BCUT2D eigenvalue weighted by atomic mass is 16.5. The van der Waals surface area contributed by atoms with Gasteiger partial charge in [-0.3, -0.25) is 14.9 Å². The maximum Gasteiger partial charge on any atom is 0.274 e. The minimum absolute atomic E-state index is 0.0209. The molecule has 8 nitrogen and oxygen atoms in total. The molecule has 0 saturated carbocycles. The van der Waals surface area contributed by atoms with Crippen LogP contribution in [0.1, 0.15) is 34.9 Å². The van der Waals surface area contributed by atoms with Gasteiger partial charge in [-0.1, -0.05) is 0 Å². The standard InChI is InChI=1S/C17H22N6O2/c24-17(22-6-8-25-9-7-22)15-10-14(20-21-15)13-2-1-5-23(12-13)16-11-18-3-4-19-16/h3-4,10-11,13H,1-2,5-9,12H2,(H,20,21). The SMILES string of the molecule is O=C(c1cc(C2CCCN(c3cnccn3)C2)[nH]n1)N1CCOCC1. The second-order valence-corrected chi connectivity index (χ2v) is 6.46. The fourth-order valence-electron chi connectivity index (χ4n) is 3.48. The number of rotatable bonds is 3. The molecule has 0 radical (unpaired) electrons. The van der Waals surface area contributed by atoms with E-state index in [-0.39, 0.29) is 5.91 Å². The highest BCUT2D eigenvalue weighted by Gasteiger charge is 2.26. The lowest BCUT2D eigenvalue weighted by molar-refractivity contribution is 0.0299. The number of aromatic nitrogens is 4. The summed E-state index contributed by atoms with van der Waals surface area (Å²) in [6.45, 7) is 4.28. The molecule has 132 valence electrons. The van der Waals surface area contributed by atoms with Crippen molar-refractivity contribution < 1.29 is 9.53 Å². The van der Waals surface area contributed by atoms with Crippen LogP contribution in [0.2, 0.25) is 0 Å². The summed E-state index contributed by atoms with van der Waals surface area (Å²) in [5.74, 6) is 1.19. The summed E-state index contributed by atoms with van der Waals surface area (Å²) in [7, 11) is 0. The van der Waals surface area contributed by atoms with Gasteiger partial charge in [-0.2, -0.15) is 5.10 Å². The largest absolute Gasteiger partial charge is 0.378 e. The van der Waals surface area contributed by atoms with E-state index >= 15 is 0 Å². The molecule has 2 aliphatic heterocycles. The number of hydrogen-bond acceptors (Lipinski definition) is 6. The molecule has 2 fully saturated rings. The zero-order valence-corrected chi connectivity index (χ0v) is 14.1. The summed E-state index contributed by atoms with van der Waals surface area (Å²) in [6, 6.07) is 1.91. The molecule has 0 aliphatic carbocycles. The molecular formula is C17H22N6O2. The van der Waals surface area contributed by atoms with Crippen LogP contribution in [0.25, 0.3) is 0 Å². The number of nitrogens with zero attached hydrogens (tertiary/aromatic N) is 5. The average molecular weight is 342 g/mol. The molecule has 0 aromatic carbocycles. The summed E-state index contributed by atoms with van der Waals surface area (Å²) in [5.41, 5.74) is 1.51. The van der Waals surface area contributed by atoms with E-state index in [4.69, 9.17) is 4.74 Å². The van der Waals surface area contributed by atoms with Crippen LogP contribution in [0, 0.1) is 0 Å². The molecule has 2 aromatic rings. The number of amides is 1. The lowest BCUT2D eigenvalue weighted by atomic mass is 9.94. The Labute approximate surface area is 146 Å². The number of carbonyl (C=O) groups is 1. The summed E-state index contributed by atoms with van der Waals surface area (Å²) < 4.78 is 5.30. The quantitative estimate of drug-likeness (QED) is 0.897. The second-order valence-electron chi connectivity index (χ2n) is 6.46. The van der Waals surface area contributed by atoms with Crippen LogP contribution in [-0.4, -0.2) is 70.4 Å². The molecule has 1 unspecified atom stereocenters. The highest BCUT2D eigenvalue weighted by molar-refractivity contribution is 5.92. The number of anilines is 1. The van der Waals surface area contributed by atoms with Crippen molar-refractivity contribution in [2.75, 3.05) is 44.3 Å². The third-order valence-corrected chi connectivity index (χ3v) is 4.85. The van der Waals surface area contributed by atoms with Crippen molar-refractivity contribution in [3.05, 3.63) is 36.0 Å². The van der Waals surface area contributed by atoms with Crippen molar-refractivity contribution in [3.63, 3.8) is 0 Å². The molecular weight excluding hydrogens is 320 g/mol. The van der Waals surface area contributed by atoms with Crippen LogP contribution >= 0.6 is 0 Å². The number of hydrogen-bond donors (Lipinski definition) is 1. The minimum atomic E-state index is -0.0209. The van der Waals surface area contributed by atoms with E-state index in [9.17, 15) is 4.79 Å². The fourth-order valence-corrected chi connectivity index (χ4v) is 3.48. The van der Waals surface area contributed by atoms with Gasteiger partial charge in [0.15, 0.2) is 0 Å². The Kier molecular flexibility index (Phi) is 4.60. The van der Waals surface area contributed by atoms with Gasteiger partial charge < -0.3 is 14.5 Å². The molecule has 2 saturated heterocycles. The summed E-state index contributed by atoms with van der Waals surface area (Å²) in [6.07, 6.45) is 7.34. The van der Waals surface area contributed by atoms with E-state index in [1.165, 1.54) is 0 Å². The number of nitrogens with one attached hydrogen (secondary N) is 1. The molecule has 1 N–H and O–H groups in total. The summed E-state index contributed by atoms with van der Waals surface area (Å²) >= 11 is 0. The van der Waals surface area contributed by atoms with E-state index in [0.29, 0.717) is 37.9 Å². The molecule has 1 atom stereocenters. The second kappa shape index (κ2) is 7.18. The number of carbonyl (C=O) groups excluding carboxylic acids is 1. The van der Waals surface area contributed by atoms with Crippen molar-refractivity contribution in [2.45, 2.75) is 18.8 Å². The van der Waals surface area contributed by atoms with E-state index in [1.54, 1.807) is 23.5 Å². The van der Waals surface area contributed by atoms with Gasteiger partial charge in [-0.05, 0) is 18.9 Å². The zero-order chi connectivity index (χ0) is 17.1. The van der Waals surface area contributed by atoms with Crippen LogP contribution < -0.4 is 4.90 Å². The van der Waals surface area contributed by atoms with Crippen molar-refractivity contribution in [2.24, 2.45) is 0 Å². The van der Waals surface area contributed by atoms with Gasteiger partial charge in [0.2, 0.25) is 0 Å². The van der Waals surface area contributed by atoms with Crippen LogP contribution in [0.5, 0.6) is 0 Å². The maximum atomic E-state index is 12.5.